The Kier molecular flexibility index (Phi) is 4.72. The van der Waals surface area contributed by atoms with Gasteiger partial charge in [-0.3, -0.25) is 9.59 Å². The minimum atomic E-state index is -0.439. The van der Waals surface area contributed by atoms with Crippen LogP contribution in [0.4, 0.5) is 0 Å². The molecule has 1 aromatic rings. The van der Waals surface area contributed by atoms with E-state index in [4.69, 9.17) is 11.6 Å². The second-order valence-corrected chi connectivity index (χ2v) is 8.71. The molecule has 0 aromatic heterocycles. The van der Waals surface area contributed by atoms with Gasteiger partial charge in [-0.2, -0.15) is 0 Å². The largest absolute Gasteiger partial charge is 0.345 e. The average molecular weight is 375 g/mol. The molecular formula is C21H27ClN2O2. The lowest BCUT2D eigenvalue weighted by Crippen LogP contribution is -2.47. The van der Waals surface area contributed by atoms with Crippen molar-refractivity contribution in [1.29, 1.82) is 0 Å². The van der Waals surface area contributed by atoms with Crippen molar-refractivity contribution in [3.05, 3.63) is 34.9 Å². The lowest BCUT2D eigenvalue weighted by Gasteiger charge is -2.39. The smallest absolute Gasteiger partial charge is 0.233 e. The van der Waals surface area contributed by atoms with Crippen molar-refractivity contribution in [2.24, 2.45) is 11.8 Å². The summed E-state index contributed by atoms with van der Waals surface area (Å²) in [5.74, 6) is 0.752. The summed E-state index contributed by atoms with van der Waals surface area (Å²) in [6, 6.07) is 7.83. The van der Waals surface area contributed by atoms with Crippen LogP contribution in [0.5, 0.6) is 0 Å². The molecule has 1 saturated carbocycles. The van der Waals surface area contributed by atoms with Crippen molar-refractivity contribution >= 4 is 23.4 Å². The number of carbonyl (C=O) groups is 2. The van der Waals surface area contributed by atoms with E-state index in [2.05, 4.69) is 0 Å². The molecule has 0 spiro atoms. The molecule has 140 valence electrons. The number of nitrogens with zero attached hydrogens (tertiary/aromatic N) is 2. The summed E-state index contributed by atoms with van der Waals surface area (Å²) < 4.78 is 0. The molecule has 3 aliphatic rings. The van der Waals surface area contributed by atoms with Crippen LogP contribution in [0.3, 0.4) is 0 Å². The topological polar surface area (TPSA) is 40.6 Å². The number of benzene rings is 1. The molecular weight excluding hydrogens is 348 g/mol. The van der Waals surface area contributed by atoms with Crippen molar-refractivity contribution in [3.8, 4) is 0 Å². The van der Waals surface area contributed by atoms with Crippen LogP contribution >= 0.6 is 11.6 Å². The summed E-state index contributed by atoms with van der Waals surface area (Å²) in [6.45, 7) is 2.13. The van der Waals surface area contributed by atoms with Gasteiger partial charge in [-0.15, -0.1) is 0 Å². The van der Waals surface area contributed by atoms with Gasteiger partial charge in [0.25, 0.3) is 0 Å². The van der Waals surface area contributed by atoms with Crippen molar-refractivity contribution in [2.75, 3.05) is 26.7 Å². The van der Waals surface area contributed by atoms with Crippen molar-refractivity contribution in [1.82, 2.24) is 9.80 Å². The number of likely N-dealkylation sites (tertiary alicyclic amines) is 2. The first-order valence-corrected chi connectivity index (χ1v) is 10.2. The molecule has 4 rings (SSSR count). The Labute approximate surface area is 160 Å². The zero-order valence-electron chi connectivity index (χ0n) is 15.4. The number of hydrogen-bond donors (Lipinski definition) is 0. The van der Waals surface area contributed by atoms with E-state index in [0.29, 0.717) is 17.5 Å². The number of fused-ring (bicyclic) bond motifs is 1. The first-order valence-electron chi connectivity index (χ1n) is 9.82. The summed E-state index contributed by atoms with van der Waals surface area (Å²) in [5.41, 5.74) is 0.649. The Morgan fingerprint density at radius 1 is 1.12 bits per heavy atom. The van der Waals surface area contributed by atoms with Crippen LogP contribution in [0.2, 0.25) is 5.02 Å². The van der Waals surface area contributed by atoms with E-state index < -0.39 is 5.41 Å². The molecule has 5 heteroatoms. The van der Waals surface area contributed by atoms with E-state index in [9.17, 15) is 9.59 Å². The Morgan fingerprint density at radius 2 is 1.81 bits per heavy atom. The standard InChI is InChI=1S/C21H27ClN2O2/c1-23-12-9-15-13-24(14-18(15)19(23)25)20(26)21(10-3-2-4-11-21)16-5-7-17(22)8-6-16/h5-8,15,18H,2-4,9-14H2,1H3/t15-,18+/m1/s1. The molecule has 1 aromatic carbocycles. The predicted molar refractivity (Wildman–Crippen MR) is 102 cm³/mol. The zero-order chi connectivity index (χ0) is 18.3. The summed E-state index contributed by atoms with van der Waals surface area (Å²) in [5, 5.41) is 0.702. The lowest BCUT2D eigenvalue weighted by atomic mass is 9.68. The molecule has 4 nitrogen and oxygen atoms in total. The molecule has 0 N–H and O–H groups in total. The maximum Gasteiger partial charge on any atom is 0.233 e. The van der Waals surface area contributed by atoms with Crippen LogP contribution in [0.1, 0.15) is 44.1 Å². The number of hydrogen-bond acceptors (Lipinski definition) is 2. The monoisotopic (exact) mass is 374 g/mol. The highest BCUT2D eigenvalue weighted by atomic mass is 35.5. The Balaban J connectivity index is 1.61. The molecule has 2 amide bonds. The Morgan fingerprint density at radius 3 is 2.50 bits per heavy atom. The number of amides is 2. The number of piperidine rings is 1. The van der Waals surface area contributed by atoms with E-state index in [1.807, 2.05) is 41.1 Å². The zero-order valence-corrected chi connectivity index (χ0v) is 16.2. The third-order valence-electron chi connectivity index (χ3n) is 6.77. The minimum absolute atomic E-state index is 0.0106. The van der Waals surface area contributed by atoms with Crippen LogP contribution < -0.4 is 0 Å². The van der Waals surface area contributed by atoms with Crippen LogP contribution in [0.15, 0.2) is 24.3 Å². The normalized spacial score (nSPS) is 28.2. The first kappa shape index (κ1) is 17.8. The van der Waals surface area contributed by atoms with Gasteiger partial charge in [0.1, 0.15) is 0 Å². The van der Waals surface area contributed by atoms with Crippen LogP contribution in [0, 0.1) is 11.8 Å². The Hall–Kier alpha value is -1.55. The summed E-state index contributed by atoms with van der Waals surface area (Å²) in [6.07, 6.45) is 6.15. The molecule has 2 saturated heterocycles. The molecule has 2 heterocycles. The molecule has 0 unspecified atom stereocenters. The van der Waals surface area contributed by atoms with Crippen LogP contribution in [-0.2, 0) is 15.0 Å². The second-order valence-electron chi connectivity index (χ2n) is 8.27. The molecule has 3 fully saturated rings. The number of halogens is 1. The van der Waals surface area contributed by atoms with Crippen LogP contribution in [-0.4, -0.2) is 48.3 Å². The number of rotatable bonds is 2. The Bertz CT molecular complexity index is 696. The van der Waals surface area contributed by atoms with Gasteiger partial charge in [-0.05, 0) is 42.9 Å². The highest BCUT2D eigenvalue weighted by molar-refractivity contribution is 6.30. The summed E-state index contributed by atoms with van der Waals surface area (Å²) in [4.78, 5) is 30.0. The van der Waals surface area contributed by atoms with Gasteiger partial charge in [-0.1, -0.05) is 43.0 Å². The van der Waals surface area contributed by atoms with Crippen molar-refractivity contribution in [3.63, 3.8) is 0 Å². The highest BCUT2D eigenvalue weighted by Crippen LogP contribution is 2.43. The van der Waals surface area contributed by atoms with Crippen LogP contribution in [0.25, 0.3) is 0 Å². The van der Waals surface area contributed by atoms with Crippen molar-refractivity contribution in [2.45, 2.75) is 43.9 Å². The quantitative estimate of drug-likeness (QED) is 0.795. The number of carbonyl (C=O) groups excluding carboxylic acids is 2. The SMILES string of the molecule is CN1CC[C@@H]2CN(C(=O)C3(c4ccc(Cl)cc4)CCCCC3)C[C@@H]2C1=O. The van der Waals surface area contributed by atoms with Gasteiger partial charge in [0.2, 0.25) is 11.8 Å². The predicted octanol–water partition coefficient (Wildman–Crippen LogP) is 3.48. The van der Waals surface area contributed by atoms with E-state index in [1.165, 1.54) is 6.42 Å². The fourth-order valence-electron chi connectivity index (χ4n) is 5.22. The van der Waals surface area contributed by atoms with Gasteiger partial charge in [-0.25, -0.2) is 0 Å². The molecule has 1 aliphatic carbocycles. The average Bonchev–Trinajstić information content (AvgIpc) is 3.10. The lowest BCUT2D eigenvalue weighted by molar-refractivity contribution is -0.139. The van der Waals surface area contributed by atoms with E-state index in [-0.39, 0.29) is 17.7 Å². The molecule has 0 bridgehead atoms. The third kappa shape index (κ3) is 2.92. The molecule has 26 heavy (non-hydrogen) atoms. The van der Waals surface area contributed by atoms with Crippen molar-refractivity contribution < 1.29 is 9.59 Å². The highest BCUT2D eigenvalue weighted by Gasteiger charge is 2.49. The summed E-state index contributed by atoms with van der Waals surface area (Å²) in [7, 11) is 1.87. The second kappa shape index (κ2) is 6.88. The van der Waals surface area contributed by atoms with Gasteiger partial charge in [0.05, 0.1) is 11.3 Å². The first-order chi connectivity index (χ1) is 12.5. The van der Waals surface area contributed by atoms with E-state index in [1.54, 1.807) is 0 Å². The van der Waals surface area contributed by atoms with Gasteiger partial charge >= 0.3 is 0 Å². The minimum Gasteiger partial charge on any atom is -0.345 e. The molecule has 2 atom stereocenters. The fraction of sp³-hybridized carbons (Fsp3) is 0.619. The van der Waals surface area contributed by atoms with Gasteiger partial charge in [0, 0.05) is 31.7 Å². The fourth-order valence-corrected chi connectivity index (χ4v) is 5.34. The molecule has 2 aliphatic heterocycles. The third-order valence-corrected chi connectivity index (χ3v) is 7.02. The summed E-state index contributed by atoms with van der Waals surface area (Å²) >= 11 is 6.08. The maximum absolute atomic E-state index is 13.7. The van der Waals surface area contributed by atoms with Gasteiger partial charge < -0.3 is 9.80 Å². The van der Waals surface area contributed by atoms with E-state index in [0.717, 1.165) is 50.8 Å². The molecule has 0 radical (unpaired) electrons. The van der Waals surface area contributed by atoms with Gasteiger partial charge in [0.15, 0.2) is 0 Å². The maximum atomic E-state index is 13.7. The van der Waals surface area contributed by atoms with E-state index >= 15 is 0 Å².